The average Bonchev–Trinajstić information content (AvgIpc) is 3.05. The van der Waals surface area contributed by atoms with E-state index in [-0.39, 0.29) is 0 Å². The third kappa shape index (κ3) is 3.17. The maximum atomic E-state index is 5.18. The average molecular weight is 360 g/mol. The molecule has 1 heterocycles. The molecule has 0 amide bonds. The van der Waals surface area contributed by atoms with Crippen LogP contribution in [0.2, 0.25) is 0 Å². The van der Waals surface area contributed by atoms with Crippen molar-refractivity contribution < 1.29 is 4.74 Å². The zero-order valence-corrected chi connectivity index (χ0v) is 13.9. The number of thiazole rings is 1. The molecule has 0 aliphatic heterocycles. The van der Waals surface area contributed by atoms with Crippen LogP contribution in [0.1, 0.15) is 5.56 Å². The molecule has 0 spiro atoms. The van der Waals surface area contributed by atoms with E-state index in [4.69, 9.17) is 9.72 Å². The minimum Gasteiger partial charge on any atom is -0.497 e. The quantitative estimate of drug-likeness (QED) is 0.583. The fraction of sp³-hybridized carbons (Fsp3) is 0.118. The van der Waals surface area contributed by atoms with Gasteiger partial charge >= 0.3 is 0 Å². The topological polar surface area (TPSA) is 22.1 Å². The van der Waals surface area contributed by atoms with E-state index in [9.17, 15) is 0 Å². The second kappa shape index (κ2) is 6.41. The molecule has 2 nitrogen and oxygen atoms in total. The maximum Gasteiger partial charge on any atom is 0.124 e. The summed E-state index contributed by atoms with van der Waals surface area (Å²) in [6.07, 6.45) is 0. The molecule has 0 unspecified atom stereocenters. The Bertz CT molecular complexity index is 657. The van der Waals surface area contributed by atoms with Gasteiger partial charge in [-0.2, -0.15) is 0 Å². The molecule has 0 saturated carbocycles. The Morgan fingerprint density at radius 1 is 1.00 bits per heavy atom. The predicted octanol–water partition coefficient (Wildman–Crippen LogP) is 5.38. The third-order valence-electron chi connectivity index (χ3n) is 3.25. The van der Waals surface area contributed by atoms with Crippen LogP contribution in [-0.4, -0.2) is 12.1 Å². The summed E-state index contributed by atoms with van der Waals surface area (Å²) in [5, 5.41) is 4.00. The summed E-state index contributed by atoms with van der Waals surface area (Å²) in [5.74, 6) is 0.862. The number of halogens is 1. The molecular weight excluding hydrogens is 346 g/mol. The van der Waals surface area contributed by atoms with Crippen molar-refractivity contribution in [2.24, 2.45) is 0 Å². The minimum absolute atomic E-state index is 0.862. The van der Waals surface area contributed by atoms with Gasteiger partial charge in [0.15, 0.2) is 0 Å². The van der Waals surface area contributed by atoms with Crippen molar-refractivity contribution in [2.45, 2.75) is 5.33 Å². The Kier molecular flexibility index (Phi) is 4.36. The highest BCUT2D eigenvalue weighted by Gasteiger charge is 2.07. The van der Waals surface area contributed by atoms with E-state index < -0.39 is 0 Å². The fourth-order valence-corrected chi connectivity index (χ4v) is 3.25. The molecule has 0 atom stereocenters. The molecule has 21 heavy (non-hydrogen) atoms. The molecule has 0 bridgehead atoms. The van der Waals surface area contributed by atoms with Crippen molar-refractivity contribution in [2.75, 3.05) is 7.11 Å². The number of methoxy groups -OCH3 is 1. The summed E-state index contributed by atoms with van der Waals surface area (Å²) in [6, 6.07) is 16.5. The van der Waals surface area contributed by atoms with Crippen LogP contribution in [-0.2, 0) is 5.33 Å². The third-order valence-corrected chi connectivity index (χ3v) is 4.78. The molecule has 0 saturated heterocycles. The Morgan fingerprint density at radius 2 is 1.67 bits per heavy atom. The van der Waals surface area contributed by atoms with Crippen molar-refractivity contribution in [3.05, 3.63) is 59.5 Å². The zero-order valence-electron chi connectivity index (χ0n) is 11.5. The van der Waals surface area contributed by atoms with Crippen molar-refractivity contribution in [3.63, 3.8) is 0 Å². The lowest BCUT2D eigenvalue weighted by Gasteiger charge is -2.01. The zero-order chi connectivity index (χ0) is 14.7. The molecule has 3 aromatic rings. The molecule has 0 radical (unpaired) electrons. The van der Waals surface area contributed by atoms with Crippen LogP contribution >= 0.6 is 27.3 Å². The van der Waals surface area contributed by atoms with Crippen LogP contribution in [0.15, 0.2) is 53.9 Å². The van der Waals surface area contributed by atoms with Gasteiger partial charge in [0.05, 0.1) is 12.8 Å². The van der Waals surface area contributed by atoms with E-state index >= 15 is 0 Å². The highest BCUT2D eigenvalue weighted by molar-refractivity contribution is 9.08. The molecule has 0 N–H and O–H groups in total. The highest BCUT2D eigenvalue weighted by atomic mass is 79.9. The summed E-state index contributed by atoms with van der Waals surface area (Å²) in [5.41, 5.74) is 4.55. The van der Waals surface area contributed by atoms with Crippen LogP contribution in [0.3, 0.4) is 0 Å². The second-order valence-electron chi connectivity index (χ2n) is 4.60. The first-order valence-corrected chi connectivity index (χ1v) is 8.55. The van der Waals surface area contributed by atoms with Gasteiger partial charge in [-0.25, -0.2) is 4.98 Å². The number of ether oxygens (including phenoxy) is 1. The summed E-state index contributed by atoms with van der Waals surface area (Å²) in [7, 11) is 1.67. The molecule has 0 fully saturated rings. The van der Waals surface area contributed by atoms with Gasteiger partial charge in [-0.05, 0) is 29.8 Å². The van der Waals surface area contributed by atoms with E-state index in [1.165, 1.54) is 5.56 Å². The lowest BCUT2D eigenvalue weighted by atomic mass is 10.1. The lowest BCUT2D eigenvalue weighted by molar-refractivity contribution is 0.415. The number of aromatic nitrogens is 1. The van der Waals surface area contributed by atoms with E-state index in [0.717, 1.165) is 32.9 Å². The first kappa shape index (κ1) is 14.3. The number of nitrogens with zero attached hydrogens (tertiary/aromatic N) is 1. The van der Waals surface area contributed by atoms with Gasteiger partial charge < -0.3 is 4.74 Å². The Hall–Kier alpha value is -1.65. The molecule has 0 aliphatic rings. The van der Waals surface area contributed by atoms with E-state index in [0.29, 0.717) is 0 Å². The van der Waals surface area contributed by atoms with Crippen molar-refractivity contribution >= 4 is 27.3 Å². The largest absolute Gasteiger partial charge is 0.497 e. The second-order valence-corrected chi connectivity index (χ2v) is 6.02. The number of rotatable bonds is 4. The normalized spacial score (nSPS) is 10.6. The van der Waals surface area contributed by atoms with E-state index in [1.807, 2.05) is 24.3 Å². The van der Waals surface area contributed by atoms with Gasteiger partial charge in [-0.3, -0.25) is 0 Å². The number of alkyl halides is 1. The molecular formula is C17H14BrNOS. The first-order valence-electron chi connectivity index (χ1n) is 6.55. The smallest absolute Gasteiger partial charge is 0.124 e. The van der Waals surface area contributed by atoms with Crippen molar-refractivity contribution in [3.8, 4) is 27.6 Å². The van der Waals surface area contributed by atoms with Gasteiger partial charge in [-0.15, -0.1) is 11.3 Å². The highest BCUT2D eigenvalue weighted by Crippen LogP contribution is 2.30. The van der Waals surface area contributed by atoms with Crippen LogP contribution in [0.5, 0.6) is 5.75 Å². The monoisotopic (exact) mass is 359 g/mol. The van der Waals surface area contributed by atoms with E-state index in [2.05, 4.69) is 45.6 Å². The van der Waals surface area contributed by atoms with Gasteiger partial charge in [0.2, 0.25) is 0 Å². The van der Waals surface area contributed by atoms with Crippen LogP contribution in [0.25, 0.3) is 21.8 Å². The van der Waals surface area contributed by atoms with Crippen molar-refractivity contribution in [1.82, 2.24) is 4.98 Å². The first-order chi connectivity index (χ1) is 10.3. The molecule has 106 valence electrons. The molecule has 4 heteroatoms. The lowest BCUT2D eigenvalue weighted by Crippen LogP contribution is -1.83. The van der Waals surface area contributed by atoms with E-state index in [1.54, 1.807) is 18.4 Å². The van der Waals surface area contributed by atoms with Gasteiger partial charge in [0.1, 0.15) is 10.8 Å². The SMILES string of the molecule is COc1ccc(-c2nc(-c3ccc(CBr)cc3)cs2)cc1. The number of hydrogen-bond acceptors (Lipinski definition) is 3. The van der Waals surface area contributed by atoms with Gasteiger partial charge in [-0.1, -0.05) is 40.2 Å². The Morgan fingerprint density at radius 3 is 2.29 bits per heavy atom. The fourth-order valence-electron chi connectivity index (χ4n) is 2.04. The summed E-state index contributed by atoms with van der Waals surface area (Å²) in [4.78, 5) is 4.73. The molecule has 2 aromatic carbocycles. The summed E-state index contributed by atoms with van der Waals surface area (Å²) >= 11 is 5.12. The van der Waals surface area contributed by atoms with Crippen molar-refractivity contribution in [1.29, 1.82) is 0 Å². The van der Waals surface area contributed by atoms with Crippen LogP contribution in [0.4, 0.5) is 0 Å². The van der Waals surface area contributed by atoms with Crippen LogP contribution < -0.4 is 4.74 Å². The van der Waals surface area contributed by atoms with Gasteiger partial charge in [0.25, 0.3) is 0 Å². The summed E-state index contributed by atoms with van der Waals surface area (Å²) < 4.78 is 5.18. The maximum absolute atomic E-state index is 5.18. The molecule has 0 aliphatic carbocycles. The number of hydrogen-bond donors (Lipinski definition) is 0. The molecule has 3 rings (SSSR count). The predicted molar refractivity (Wildman–Crippen MR) is 92.2 cm³/mol. The summed E-state index contributed by atoms with van der Waals surface area (Å²) in [6.45, 7) is 0. The van der Waals surface area contributed by atoms with Crippen LogP contribution in [0, 0.1) is 0 Å². The Balaban J connectivity index is 1.87. The minimum atomic E-state index is 0.862. The Labute approximate surface area is 136 Å². The molecule has 1 aromatic heterocycles. The van der Waals surface area contributed by atoms with Gasteiger partial charge in [0, 0.05) is 21.8 Å². The number of benzene rings is 2. The standard InChI is InChI=1S/C17H14BrNOS/c1-20-15-8-6-14(7-9-15)17-19-16(11-21-17)13-4-2-12(10-18)3-5-13/h2-9,11H,10H2,1H3.